The monoisotopic (exact) mass is 275 g/mol. The number of carbonyl (C=O) groups excluding carboxylic acids is 2. The highest BCUT2D eigenvalue weighted by atomic mass is 16.2. The van der Waals surface area contributed by atoms with Crippen LogP contribution in [-0.2, 0) is 16.0 Å². The Balaban J connectivity index is 2.62. The first-order chi connectivity index (χ1) is 9.58. The van der Waals surface area contributed by atoms with Gasteiger partial charge in [-0.3, -0.25) is 4.79 Å². The lowest BCUT2D eigenvalue weighted by Crippen LogP contribution is -2.42. The van der Waals surface area contributed by atoms with E-state index in [0.29, 0.717) is 25.3 Å². The lowest BCUT2D eigenvalue weighted by molar-refractivity contribution is -0.137. The molecule has 0 N–H and O–H groups in total. The Bertz CT molecular complexity index is 414. The molecule has 20 heavy (non-hydrogen) atoms. The van der Waals surface area contributed by atoms with E-state index in [1.807, 2.05) is 51.1 Å². The summed E-state index contributed by atoms with van der Waals surface area (Å²) in [6.07, 6.45) is 2.91. The molecular weight excluding hydrogens is 250 g/mol. The summed E-state index contributed by atoms with van der Waals surface area (Å²) in [5.41, 5.74) is 1.20. The van der Waals surface area contributed by atoms with Crippen molar-refractivity contribution in [3.63, 3.8) is 0 Å². The molecule has 0 unspecified atom stereocenters. The molecule has 0 aromatic heterocycles. The van der Waals surface area contributed by atoms with Gasteiger partial charge in [0.05, 0.1) is 6.04 Å². The average Bonchev–Trinajstić information content (AvgIpc) is 2.43. The number of carbonyl (C=O) groups is 2. The van der Waals surface area contributed by atoms with Crippen molar-refractivity contribution in [3.8, 4) is 0 Å². The van der Waals surface area contributed by atoms with Crippen LogP contribution in [0.3, 0.4) is 0 Å². The van der Waals surface area contributed by atoms with Gasteiger partial charge in [-0.2, -0.15) is 0 Å². The summed E-state index contributed by atoms with van der Waals surface area (Å²) in [4.78, 5) is 25.2. The zero-order valence-corrected chi connectivity index (χ0v) is 12.7. The zero-order valence-electron chi connectivity index (χ0n) is 12.7. The molecule has 3 heteroatoms. The molecular formula is C17H25NO2. The van der Waals surface area contributed by atoms with Gasteiger partial charge in [-0.1, -0.05) is 44.2 Å². The first-order valence-corrected chi connectivity index (χ1v) is 7.37. The van der Waals surface area contributed by atoms with Crippen molar-refractivity contribution >= 4 is 12.2 Å². The highest BCUT2D eigenvalue weighted by Gasteiger charge is 2.22. The fourth-order valence-electron chi connectivity index (χ4n) is 2.32. The third-order valence-electron chi connectivity index (χ3n) is 3.37. The van der Waals surface area contributed by atoms with Crippen LogP contribution in [-0.4, -0.2) is 29.7 Å². The number of aryl methyl sites for hydroxylation is 1. The Hall–Kier alpha value is -1.64. The van der Waals surface area contributed by atoms with Gasteiger partial charge in [-0.15, -0.1) is 0 Å². The molecule has 0 spiro atoms. The summed E-state index contributed by atoms with van der Waals surface area (Å²) >= 11 is 0. The molecule has 3 nitrogen and oxygen atoms in total. The number of benzene rings is 1. The van der Waals surface area contributed by atoms with E-state index in [4.69, 9.17) is 0 Å². The van der Waals surface area contributed by atoms with E-state index in [2.05, 4.69) is 0 Å². The van der Waals surface area contributed by atoms with Crippen molar-refractivity contribution in [1.82, 2.24) is 4.90 Å². The second-order valence-electron chi connectivity index (χ2n) is 5.51. The van der Waals surface area contributed by atoms with Crippen LogP contribution in [0.25, 0.3) is 0 Å². The fourth-order valence-corrected chi connectivity index (χ4v) is 2.32. The molecule has 1 aromatic carbocycles. The van der Waals surface area contributed by atoms with E-state index in [0.717, 1.165) is 12.7 Å². The molecule has 0 saturated heterocycles. The van der Waals surface area contributed by atoms with Crippen molar-refractivity contribution in [3.05, 3.63) is 35.9 Å². The predicted octanol–water partition coefficient (Wildman–Crippen LogP) is 3.08. The van der Waals surface area contributed by atoms with Gasteiger partial charge in [0.25, 0.3) is 0 Å². The van der Waals surface area contributed by atoms with Crippen LogP contribution < -0.4 is 0 Å². The maximum absolute atomic E-state index is 12.2. The largest absolute Gasteiger partial charge is 0.333 e. The van der Waals surface area contributed by atoms with Gasteiger partial charge in [-0.05, 0) is 31.2 Å². The first kappa shape index (κ1) is 16.4. The number of hydrogen-bond donors (Lipinski definition) is 0. The molecule has 1 amide bonds. The molecule has 0 aliphatic rings. The van der Waals surface area contributed by atoms with Crippen LogP contribution in [0.2, 0.25) is 0 Å². The molecule has 0 saturated carbocycles. The smallest absolute Gasteiger partial charge is 0.223 e. The molecule has 0 aliphatic heterocycles. The third kappa shape index (κ3) is 5.16. The SMILES string of the molecule is CCN(C(=O)CC(C)C)[C@H](C=O)CCc1ccccc1. The Kier molecular flexibility index (Phi) is 6.99. The first-order valence-electron chi connectivity index (χ1n) is 7.37. The van der Waals surface area contributed by atoms with Crippen LogP contribution in [0.4, 0.5) is 0 Å². The van der Waals surface area contributed by atoms with E-state index < -0.39 is 0 Å². The molecule has 0 fully saturated rings. The zero-order chi connectivity index (χ0) is 15.0. The summed E-state index contributed by atoms with van der Waals surface area (Å²) in [7, 11) is 0. The number of nitrogens with zero attached hydrogens (tertiary/aromatic N) is 1. The number of amides is 1. The van der Waals surface area contributed by atoms with Crippen molar-refractivity contribution in [2.45, 2.75) is 46.1 Å². The van der Waals surface area contributed by atoms with E-state index in [1.54, 1.807) is 4.90 Å². The minimum atomic E-state index is -0.313. The van der Waals surface area contributed by atoms with Gasteiger partial charge in [0.15, 0.2) is 0 Å². The van der Waals surface area contributed by atoms with Gasteiger partial charge >= 0.3 is 0 Å². The Morgan fingerprint density at radius 2 is 1.90 bits per heavy atom. The summed E-state index contributed by atoms with van der Waals surface area (Å²) in [6, 6.07) is 9.75. The second-order valence-corrected chi connectivity index (χ2v) is 5.51. The summed E-state index contributed by atoms with van der Waals surface area (Å²) < 4.78 is 0. The number of hydrogen-bond acceptors (Lipinski definition) is 2. The van der Waals surface area contributed by atoms with Crippen molar-refractivity contribution < 1.29 is 9.59 Å². The predicted molar refractivity (Wildman–Crippen MR) is 81.5 cm³/mol. The molecule has 0 heterocycles. The van der Waals surface area contributed by atoms with E-state index in [1.165, 1.54) is 5.56 Å². The number of aldehydes is 1. The van der Waals surface area contributed by atoms with Crippen LogP contribution in [0, 0.1) is 5.92 Å². The normalized spacial score (nSPS) is 12.2. The lowest BCUT2D eigenvalue weighted by atomic mass is 10.0. The second kappa shape index (κ2) is 8.51. The van der Waals surface area contributed by atoms with Gasteiger partial charge in [-0.25, -0.2) is 0 Å². The highest BCUT2D eigenvalue weighted by molar-refractivity contribution is 5.80. The van der Waals surface area contributed by atoms with Crippen LogP contribution in [0.5, 0.6) is 0 Å². The Morgan fingerprint density at radius 1 is 1.25 bits per heavy atom. The van der Waals surface area contributed by atoms with Gasteiger partial charge in [0, 0.05) is 13.0 Å². The van der Waals surface area contributed by atoms with Crippen molar-refractivity contribution in [1.29, 1.82) is 0 Å². The quantitative estimate of drug-likeness (QED) is 0.684. The molecule has 1 atom stereocenters. The molecule has 0 radical (unpaired) electrons. The third-order valence-corrected chi connectivity index (χ3v) is 3.37. The number of rotatable bonds is 8. The number of likely N-dealkylation sites (N-methyl/N-ethyl adjacent to an activating group) is 1. The van der Waals surface area contributed by atoms with Crippen molar-refractivity contribution in [2.75, 3.05) is 6.54 Å². The van der Waals surface area contributed by atoms with Crippen LogP contribution in [0.15, 0.2) is 30.3 Å². The maximum Gasteiger partial charge on any atom is 0.223 e. The van der Waals surface area contributed by atoms with E-state index in [-0.39, 0.29) is 11.9 Å². The Morgan fingerprint density at radius 3 is 2.40 bits per heavy atom. The summed E-state index contributed by atoms with van der Waals surface area (Å²) in [5, 5.41) is 0. The molecule has 0 aliphatic carbocycles. The maximum atomic E-state index is 12.2. The van der Waals surface area contributed by atoms with E-state index >= 15 is 0 Å². The van der Waals surface area contributed by atoms with Crippen molar-refractivity contribution in [2.24, 2.45) is 5.92 Å². The average molecular weight is 275 g/mol. The topological polar surface area (TPSA) is 37.4 Å². The standard InChI is InChI=1S/C17H25NO2/c1-4-18(17(20)12-14(2)3)16(13-19)11-10-15-8-6-5-7-9-15/h5-9,13-14,16H,4,10-12H2,1-3H3/t16-/m0/s1. The minimum Gasteiger partial charge on any atom is -0.333 e. The Labute approximate surface area is 122 Å². The van der Waals surface area contributed by atoms with Crippen LogP contribution in [0.1, 0.15) is 39.2 Å². The van der Waals surface area contributed by atoms with Gasteiger partial charge in [0.1, 0.15) is 6.29 Å². The van der Waals surface area contributed by atoms with Gasteiger partial charge in [0.2, 0.25) is 5.91 Å². The lowest BCUT2D eigenvalue weighted by Gasteiger charge is -2.27. The van der Waals surface area contributed by atoms with E-state index in [9.17, 15) is 9.59 Å². The molecule has 1 rings (SSSR count). The molecule has 1 aromatic rings. The summed E-state index contributed by atoms with van der Waals surface area (Å²) in [6.45, 7) is 6.55. The molecule has 0 bridgehead atoms. The fraction of sp³-hybridized carbons (Fsp3) is 0.529. The highest BCUT2D eigenvalue weighted by Crippen LogP contribution is 2.12. The minimum absolute atomic E-state index is 0.0765. The summed E-state index contributed by atoms with van der Waals surface area (Å²) in [5.74, 6) is 0.394. The molecule has 110 valence electrons. The van der Waals surface area contributed by atoms with Crippen LogP contribution >= 0.6 is 0 Å². The van der Waals surface area contributed by atoms with Gasteiger partial charge < -0.3 is 9.69 Å².